The van der Waals surface area contributed by atoms with Crippen LogP contribution in [0.3, 0.4) is 0 Å². The maximum absolute atomic E-state index is 11.9. The van der Waals surface area contributed by atoms with E-state index in [9.17, 15) is 8.42 Å². The van der Waals surface area contributed by atoms with Crippen molar-refractivity contribution < 1.29 is 8.42 Å². The number of anilines is 1. The summed E-state index contributed by atoms with van der Waals surface area (Å²) in [4.78, 5) is 1.14. The van der Waals surface area contributed by atoms with Gasteiger partial charge in [0.05, 0.1) is 5.75 Å². The number of sulfonamides is 1. The summed E-state index contributed by atoms with van der Waals surface area (Å²) in [5.41, 5.74) is 0. The molecule has 4 nitrogen and oxygen atoms in total. The Morgan fingerprint density at radius 2 is 2.20 bits per heavy atom. The lowest BCUT2D eigenvalue weighted by molar-refractivity contribution is 0.594. The highest BCUT2D eigenvalue weighted by Gasteiger charge is 2.25. The van der Waals surface area contributed by atoms with Gasteiger partial charge in [-0.05, 0) is 19.1 Å². The van der Waals surface area contributed by atoms with Crippen LogP contribution in [0.5, 0.6) is 0 Å². The number of nitrogens with zero attached hydrogens (tertiary/aromatic N) is 1. The molecule has 0 spiro atoms. The third kappa shape index (κ3) is 2.32. The molecule has 0 bridgehead atoms. The van der Waals surface area contributed by atoms with Crippen LogP contribution in [0.1, 0.15) is 4.88 Å². The van der Waals surface area contributed by atoms with Gasteiger partial charge in [-0.2, -0.15) is 0 Å². The minimum absolute atomic E-state index is 0.184. The molecule has 0 radical (unpaired) electrons. The first-order chi connectivity index (χ1) is 7.09. The summed E-state index contributed by atoms with van der Waals surface area (Å²) >= 11 is 1.52. The fourth-order valence-corrected chi connectivity index (χ4v) is 4.13. The lowest BCUT2D eigenvalue weighted by Gasteiger charge is -2.19. The maximum atomic E-state index is 11.9. The van der Waals surface area contributed by atoms with Gasteiger partial charge in [0.25, 0.3) is 0 Å². The van der Waals surface area contributed by atoms with Crippen molar-refractivity contribution in [2.75, 3.05) is 29.7 Å². The first kappa shape index (κ1) is 10.9. The Bertz CT molecular complexity index is 439. The molecule has 0 aromatic carbocycles. The molecule has 1 aliphatic heterocycles. The van der Waals surface area contributed by atoms with E-state index in [1.54, 1.807) is 0 Å². The molecule has 0 atom stereocenters. The molecule has 0 unspecified atom stereocenters. The summed E-state index contributed by atoms with van der Waals surface area (Å²) in [6.07, 6.45) is 0. The Morgan fingerprint density at radius 1 is 1.40 bits per heavy atom. The van der Waals surface area contributed by atoms with Crippen molar-refractivity contribution in [3.8, 4) is 0 Å². The number of nitrogens with one attached hydrogen (secondary N) is 1. The Labute approximate surface area is 94.0 Å². The quantitative estimate of drug-likeness (QED) is 0.797. The zero-order chi connectivity index (χ0) is 10.9. The molecule has 1 saturated heterocycles. The van der Waals surface area contributed by atoms with Gasteiger partial charge in [-0.3, -0.25) is 4.31 Å². The smallest absolute Gasteiger partial charge is 0.237 e. The van der Waals surface area contributed by atoms with Crippen molar-refractivity contribution in [3.63, 3.8) is 0 Å². The minimum Gasteiger partial charge on any atom is -0.314 e. The van der Waals surface area contributed by atoms with Crippen LogP contribution in [0.25, 0.3) is 0 Å². The fourth-order valence-electron chi connectivity index (χ4n) is 1.56. The van der Waals surface area contributed by atoms with Crippen molar-refractivity contribution in [1.29, 1.82) is 0 Å². The summed E-state index contributed by atoms with van der Waals surface area (Å²) in [5, 5.41) is 3.92. The van der Waals surface area contributed by atoms with Gasteiger partial charge in [0.2, 0.25) is 10.0 Å². The number of rotatable bonds is 1. The molecule has 1 fully saturated rings. The van der Waals surface area contributed by atoms with Crippen molar-refractivity contribution in [2.45, 2.75) is 6.92 Å². The molecular formula is C9H14N2O2S2. The Hall–Kier alpha value is -0.590. The van der Waals surface area contributed by atoms with E-state index in [-0.39, 0.29) is 5.75 Å². The Kier molecular flexibility index (Phi) is 2.99. The Balaban J connectivity index is 2.33. The molecule has 0 amide bonds. The topological polar surface area (TPSA) is 49.4 Å². The average molecular weight is 246 g/mol. The van der Waals surface area contributed by atoms with Crippen molar-refractivity contribution in [1.82, 2.24) is 5.32 Å². The maximum Gasteiger partial charge on any atom is 0.237 e. The van der Waals surface area contributed by atoms with Gasteiger partial charge in [0.15, 0.2) is 0 Å². The van der Waals surface area contributed by atoms with Crippen molar-refractivity contribution in [2.24, 2.45) is 0 Å². The van der Waals surface area contributed by atoms with Gasteiger partial charge in [0.1, 0.15) is 5.00 Å². The standard InChI is InChI=1S/C9H14N2O2S2/c1-8-2-3-9(14-8)11-6-4-10-5-7-15(11,12)13/h2-3,10H,4-7H2,1H3. The molecule has 1 aromatic rings. The highest BCUT2D eigenvalue weighted by atomic mass is 32.2. The Morgan fingerprint density at radius 3 is 2.87 bits per heavy atom. The molecule has 1 aromatic heterocycles. The van der Waals surface area contributed by atoms with Gasteiger partial charge >= 0.3 is 0 Å². The van der Waals surface area contributed by atoms with Crippen molar-refractivity contribution in [3.05, 3.63) is 17.0 Å². The van der Waals surface area contributed by atoms with Crippen LogP contribution in [0.15, 0.2) is 12.1 Å². The monoisotopic (exact) mass is 246 g/mol. The average Bonchev–Trinajstić information content (AvgIpc) is 2.49. The third-order valence-corrected chi connectivity index (χ3v) is 5.25. The minimum atomic E-state index is -3.12. The van der Waals surface area contributed by atoms with Crippen molar-refractivity contribution >= 4 is 26.4 Å². The van der Waals surface area contributed by atoms with Gasteiger partial charge < -0.3 is 5.32 Å². The SMILES string of the molecule is Cc1ccc(N2CCNCCS2(=O)=O)s1. The van der Waals surface area contributed by atoms with E-state index in [0.29, 0.717) is 13.1 Å². The zero-order valence-corrected chi connectivity index (χ0v) is 10.2. The van der Waals surface area contributed by atoms with E-state index in [0.717, 1.165) is 16.4 Å². The van der Waals surface area contributed by atoms with Crippen LogP contribution in [0, 0.1) is 6.92 Å². The largest absolute Gasteiger partial charge is 0.314 e. The molecule has 0 saturated carbocycles. The number of aryl methyl sites for hydroxylation is 1. The number of hydrogen-bond donors (Lipinski definition) is 1. The van der Waals surface area contributed by atoms with E-state index in [2.05, 4.69) is 5.32 Å². The predicted molar refractivity (Wildman–Crippen MR) is 63.1 cm³/mol. The van der Waals surface area contributed by atoms with Crippen LogP contribution < -0.4 is 9.62 Å². The molecule has 1 N–H and O–H groups in total. The van der Waals surface area contributed by atoms with E-state index in [1.807, 2.05) is 19.1 Å². The summed E-state index contributed by atoms with van der Waals surface area (Å²) in [6, 6.07) is 3.83. The highest BCUT2D eigenvalue weighted by Crippen LogP contribution is 2.27. The summed E-state index contributed by atoms with van der Waals surface area (Å²) < 4.78 is 25.3. The zero-order valence-electron chi connectivity index (χ0n) is 8.56. The van der Waals surface area contributed by atoms with Crippen LogP contribution in [-0.2, 0) is 10.0 Å². The van der Waals surface area contributed by atoms with Crippen LogP contribution >= 0.6 is 11.3 Å². The lowest BCUT2D eigenvalue weighted by atomic mass is 10.5. The molecule has 6 heteroatoms. The van der Waals surface area contributed by atoms with Crippen LogP contribution in [-0.4, -0.2) is 33.8 Å². The second-order valence-corrected chi connectivity index (χ2v) is 6.80. The summed E-state index contributed by atoms with van der Waals surface area (Å²) in [7, 11) is -3.12. The third-order valence-electron chi connectivity index (χ3n) is 2.34. The van der Waals surface area contributed by atoms with E-state index in [4.69, 9.17) is 0 Å². The number of hydrogen-bond acceptors (Lipinski definition) is 4. The molecule has 0 aliphatic carbocycles. The fraction of sp³-hybridized carbons (Fsp3) is 0.556. The highest BCUT2D eigenvalue weighted by molar-refractivity contribution is 7.93. The molecule has 15 heavy (non-hydrogen) atoms. The molecule has 2 heterocycles. The first-order valence-corrected chi connectivity index (χ1v) is 7.30. The normalized spacial score (nSPS) is 21.3. The first-order valence-electron chi connectivity index (χ1n) is 4.87. The molecule has 2 rings (SSSR count). The lowest BCUT2D eigenvalue weighted by Crippen LogP contribution is -2.32. The van der Waals surface area contributed by atoms with Gasteiger partial charge in [0, 0.05) is 24.5 Å². The van der Waals surface area contributed by atoms with E-state index in [1.165, 1.54) is 15.6 Å². The van der Waals surface area contributed by atoms with Gasteiger partial charge in [-0.25, -0.2) is 8.42 Å². The van der Waals surface area contributed by atoms with Gasteiger partial charge in [-0.1, -0.05) is 0 Å². The van der Waals surface area contributed by atoms with Gasteiger partial charge in [-0.15, -0.1) is 11.3 Å². The molecule has 84 valence electrons. The van der Waals surface area contributed by atoms with Crippen LogP contribution in [0.2, 0.25) is 0 Å². The van der Waals surface area contributed by atoms with E-state index >= 15 is 0 Å². The number of thiophene rings is 1. The summed E-state index contributed by atoms with van der Waals surface area (Å²) in [6.45, 7) is 3.78. The second kappa shape index (κ2) is 4.11. The van der Waals surface area contributed by atoms with Crippen LogP contribution in [0.4, 0.5) is 5.00 Å². The predicted octanol–water partition coefficient (Wildman–Crippen LogP) is 0.796. The molecular weight excluding hydrogens is 232 g/mol. The molecule has 1 aliphatic rings. The van der Waals surface area contributed by atoms with E-state index < -0.39 is 10.0 Å². The summed E-state index contributed by atoms with van der Waals surface area (Å²) in [5.74, 6) is 0.184. The second-order valence-electron chi connectivity index (χ2n) is 3.52.